The van der Waals surface area contributed by atoms with E-state index in [0.29, 0.717) is 17.9 Å². The molecular formula is C14H17NO4. The number of carbonyl (C=O) groups excluding carboxylic acids is 2. The summed E-state index contributed by atoms with van der Waals surface area (Å²) in [5, 5.41) is 0. The summed E-state index contributed by atoms with van der Waals surface area (Å²) in [5.74, 6) is 0.361. The molecule has 0 radical (unpaired) electrons. The second kappa shape index (κ2) is 5.30. The number of ketones is 1. The van der Waals surface area contributed by atoms with Crippen LogP contribution in [0.2, 0.25) is 0 Å². The van der Waals surface area contributed by atoms with Crippen molar-refractivity contribution in [3.63, 3.8) is 0 Å². The Morgan fingerprint density at radius 3 is 2.84 bits per heavy atom. The minimum absolute atomic E-state index is 0.0136. The van der Waals surface area contributed by atoms with Gasteiger partial charge in [0.2, 0.25) is 0 Å². The molecule has 19 heavy (non-hydrogen) atoms. The minimum Gasteiger partial charge on any atom is -0.487 e. The minimum atomic E-state index is -0.312. The van der Waals surface area contributed by atoms with Gasteiger partial charge in [-0.05, 0) is 32.0 Å². The maximum absolute atomic E-state index is 11.4. The van der Waals surface area contributed by atoms with Crippen molar-refractivity contribution in [1.82, 2.24) is 0 Å². The normalized spacial score (nSPS) is 17.4. The number of Topliss-reactive ketones (excluding diaryl/α,β-unsaturated/α-hetero) is 1. The summed E-state index contributed by atoms with van der Waals surface area (Å²) in [6, 6.07) is 5.26. The maximum Gasteiger partial charge on any atom is 0.325 e. The molecule has 5 nitrogen and oxygen atoms in total. The van der Waals surface area contributed by atoms with Gasteiger partial charge in [0, 0.05) is 5.56 Å². The van der Waals surface area contributed by atoms with Gasteiger partial charge in [-0.1, -0.05) is 0 Å². The summed E-state index contributed by atoms with van der Waals surface area (Å²) in [7, 11) is 1.36. The molecule has 1 atom stereocenters. The largest absolute Gasteiger partial charge is 0.487 e. The zero-order valence-corrected chi connectivity index (χ0v) is 11.3. The van der Waals surface area contributed by atoms with Gasteiger partial charge in [-0.2, -0.15) is 0 Å². The van der Waals surface area contributed by atoms with Gasteiger partial charge in [-0.15, -0.1) is 0 Å². The standard InChI is InChI=1S/C14H17NO4/c1-9-7-15(8-14(17)18-3)12-6-11(10(2)16)4-5-13(12)19-9/h4-6,9H,7-8H2,1-3H3. The molecule has 0 saturated carbocycles. The highest BCUT2D eigenvalue weighted by Gasteiger charge is 2.25. The van der Waals surface area contributed by atoms with Crippen molar-refractivity contribution in [3.05, 3.63) is 23.8 Å². The number of hydrogen-bond acceptors (Lipinski definition) is 5. The Morgan fingerprint density at radius 1 is 1.47 bits per heavy atom. The molecule has 1 unspecified atom stereocenters. The first-order valence-corrected chi connectivity index (χ1v) is 6.14. The molecule has 0 N–H and O–H groups in total. The van der Waals surface area contributed by atoms with Crippen molar-refractivity contribution in [2.45, 2.75) is 20.0 Å². The number of hydrogen-bond donors (Lipinski definition) is 0. The molecule has 0 amide bonds. The van der Waals surface area contributed by atoms with Gasteiger partial charge >= 0.3 is 5.97 Å². The highest BCUT2D eigenvalue weighted by Crippen LogP contribution is 2.34. The van der Waals surface area contributed by atoms with E-state index in [1.807, 2.05) is 11.8 Å². The van der Waals surface area contributed by atoms with Gasteiger partial charge in [0.1, 0.15) is 18.4 Å². The number of fused-ring (bicyclic) bond motifs is 1. The van der Waals surface area contributed by atoms with E-state index >= 15 is 0 Å². The maximum atomic E-state index is 11.4. The molecule has 0 saturated heterocycles. The lowest BCUT2D eigenvalue weighted by Gasteiger charge is -2.34. The third kappa shape index (κ3) is 2.86. The van der Waals surface area contributed by atoms with E-state index in [-0.39, 0.29) is 24.4 Å². The van der Waals surface area contributed by atoms with E-state index in [4.69, 9.17) is 9.47 Å². The van der Waals surface area contributed by atoms with Crippen LogP contribution in [-0.4, -0.2) is 38.1 Å². The second-order valence-corrected chi connectivity index (χ2v) is 4.62. The Morgan fingerprint density at radius 2 is 2.21 bits per heavy atom. The van der Waals surface area contributed by atoms with Gasteiger partial charge < -0.3 is 14.4 Å². The summed E-state index contributed by atoms with van der Waals surface area (Å²) in [6.45, 7) is 4.19. The zero-order valence-electron chi connectivity index (χ0n) is 11.3. The fourth-order valence-electron chi connectivity index (χ4n) is 2.12. The fraction of sp³-hybridized carbons (Fsp3) is 0.429. The van der Waals surface area contributed by atoms with Gasteiger partial charge in [0.25, 0.3) is 0 Å². The molecule has 1 heterocycles. The Balaban J connectivity index is 2.35. The molecule has 5 heteroatoms. The van der Waals surface area contributed by atoms with E-state index in [2.05, 4.69) is 0 Å². The predicted octanol–water partition coefficient (Wildman–Crippen LogP) is 1.65. The number of anilines is 1. The van der Waals surface area contributed by atoms with Gasteiger partial charge in [-0.25, -0.2) is 0 Å². The number of carbonyl (C=O) groups is 2. The van der Waals surface area contributed by atoms with Crippen molar-refractivity contribution < 1.29 is 19.1 Å². The van der Waals surface area contributed by atoms with E-state index in [9.17, 15) is 9.59 Å². The molecule has 0 fully saturated rings. The van der Waals surface area contributed by atoms with Gasteiger partial charge in [0.05, 0.1) is 19.3 Å². The molecule has 0 aromatic heterocycles. The lowest BCUT2D eigenvalue weighted by atomic mass is 10.1. The van der Waals surface area contributed by atoms with Crippen LogP contribution in [0.3, 0.4) is 0 Å². The van der Waals surface area contributed by atoms with Crippen LogP contribution in [0.1, 0.15) is 24.2 Å². The fourth-order valence-corrected chi connectivity index (χ4v) is 2.12. The molecule has 1 aromatic rings. The van der Waals surface area contributed by atoms with E-state index < -0.39 is 0 Å². The third-order valence-corrected chi connectivity index (χ3v) is 3.06. The summed E-state index contributed by atoms with van der Waals surface area (Å²) in [6.07, 6.45) is -0.0136. The Bertz CT molecular complexity index is 512. The molecule has 1 aliphatic heterocycles. The van der Waals surface area contributed by atoms with Crippen molar-refractivity contribution in [3.8, 4) is 5.75 Å². The highest BCUT2D eigenvalue weighted by atomic mass is 16.5. The summed E-state index contributed by atoms with van der Waals surface area (Å²) in [4.78, 5) is 24.7. The van der Waals surface area contributed by atoms with Crippen LogP contribution in [0.25, 0.3) is 0 Å². The number of rotatable bonds is 3. The van der Waals surface area contributed by atoms with Gasteiger partial charge in [0.15, 0.2) is 5.78 Å². The number of nitrogens with zero attached hydrogens (tertiary/aromatic N) is 1. The van der Waals surface area contributed by atoms with Crippen LogP contribution in [0.4, 0.5) is 5.69 Å². The molecule has 1 aromatic carbocycles. The van der Waals surface area contributed by atoms with E-state index in [0.717, 1.165) is 5.69 Å². The third-order valence-electron chi connectivity index (χ3n) is 3.06. The van der Waals surface area contributed by atoms with Crippen LogP contribution < -0.4 is 9.64 Å². The quantitative estimate of drug-likeness (QED) is 0.613. The topological polar surface area (TPSA) is 55.8 Å². The average molecular weight is 263 g/mol. The number of benzene rings is 1. The first-order valence-electron chi connectivity index (χ1n) is 6.14. The number of ether oxygens (including phenoxy) is 2. The van der Waals surface area contributed by atoms with Crippen molar-refractivity contribution >= 4 is 17.4 Å². The zero-order chi connectivity index (χ0) is 14.0. The first-order chi connectivity index (χ1) is 9.01. The molecular weight excluding hydrogens is 246 g/mol. The molecule has 102 valence electrons. The molecule has 0 aliphatic carbocycles. The average Bonchev–Trinajstić information content (AvgIpc) is 2.37. The lowest BCUT2D eigenvalue weighted by Crippen LogP contribution is -2.41. The SMILES string of the molecule is COC(=O)CN1CC(C)Oc2ccc(C(C)=O)cc21. The monoisotopic (exact) mass is 263 g/mol. The highest BCUT2D eigenvalue weighted by molar-refractivity contribution is 5.95. The Labute approximate surface area is 112 Å². The number of esters is 1. The van der Waals surface area contributed by atoms with Crippen LogP contribution in [-0.2, 0) is 9.53 Å². The predicted molar refractivity (Wildman–Crippen MR) is 70.8 cm³/mol. The van der Waals surface area contributed by atoms with Crippen LogP contribution in [0, 0.1) is 0 Å². The van der Waals surface area contributed by atoms with Crippen LogP contribution in [0.15, 0.2) is 18.2 Å². The molecule has 2 rings (SSSR count). The second-order valence-electron chi connectivity index (χ2n) is 4.62. The smallest absolute Gasteiger partial charge is 0.325 e. The molecule has 0 spiro atoms. The molecule has 0 bridgehead atoms. The summed E-state index contributed by atoms with van der Waals surface area (Å²) < 4.78 is 10.4. The lowest BCUT2D eigenvalue weighted by molar-refractivity contribution is -0.139. The van der Waals surface area contributed by atoms with E-state index in [1.165, 1.54) is 14.0 Å². The van der Waals surface area contributed by atoms with E-state index in [1.54, 1.807) is 18.2 Å². The van der Waals surface area contributed by atoms with Crippen LogP contribution >= 0.6 is 0 Å². The summed E-state index contributed by atoms with van der Waals surface area (Å²) in [5.41, 5.74) is 1.36. The van der Waals surface area contributed by atoms with Crippen molar-refractivity contribution in [2.75, 3.05) is 25.1 Å². The van der Waals surface area contributed by atoms with Crippen molar-refractivity contribution in [2.24, 2.45) is 0 Å². The molecule has 1 aliphatic rings. The van der Waals surface area contributed by atoms with Gasteiger partial charge in [-0.3, -0.25) is 9.59 Å². The number of methoxy groups -OCH3 is 1. The first kappa shape index (κ1) is 13.4. The Hall–Kier alpha value is -2.04. The van der Waals surface area contributed by atoms with Crippen molar-refractivity contribution in [1.29, 1.82) is 0 Å². The Kier molecular flexibility index (Phi) is 3.74. The van der Waals surface area contributed by atoms with Crippen LogP contribution in [0.5, 0.6) is 5.75 Å². The summed E-state index contributed by atoms with van der Waals surface area (Å²) >= 11 is 0.